The molecule has 31 heavy (non-hydrogen) atoms. The topological polar surface area (TPSA) is 64.6 Å². The van der Waals surface area contributed by atoms with E-state index in [0.29, 0.717) is 27.5 Å². The molecule has 8 heteroatoms. The van der Waals surface area contributed by atoms with Gasteiger partial charge in [-0.05, 0) is 54.3 Å². The zero-order chi connectivity index (χ0) is 23.0. The second-order valence-electron chi connectivity index (χ2n) is 6.18. The van der Waals surface area contributed by atoms with E-state index in [-0.39, 0.29) is 10.8 Å². The highest BCUT2D eigenvalue weighted by Gasteiger charge is 2.17. The number of carbonyl (C=O) groups is 2. The fourth-order valence-electron chi connectivity index (χ4n) is 2.77. The quantitative estimate of drug-likeness (QED) is 0.349. The summed E-state index contributed by atoms with van der Waals surface area (Å²) in [5, 5.41) is 0.278. The highest BCUT2D eigenvalue weighted by Crippen LogP contribution is 2.38. The van der Waals surface area contributed by atoms with E-state index < -0.39 is 5.97 Å². The summed E-state index contributed by atoms with van der Waals surface area (Å²) in [5.74, 6) is -0.415. The maximum atomic E-state index is 14.5. The minimum atomic E-state index is -0.510. The van der Waals surface area contributed by atoms with Crippen molar-refractivity contribution in [1.29, 1.82) is 0 Å². The molecule has 0 aromatic heterocycles. The van der Waals surface area contributed by atoms with Gasteiger partial charge in [0.1, 0.15) is 12.6 Å². The standard InChI is InChI=1S/C22H19ClFNO3S.CH2O/c1-13-18(24)10-15(14-7-5-4-6-8-14)11-19(13)25-29-20-12-16(22(26)28-3)9-17(23)21(20)27-2;1-2/h4-12,25H,1-3H3;1H2. The number of methoxy groups -OCH3 is 2. The van der Waals surface area contributed by atoms with Gasteiger partial charge in [0.15, 0.2) is 5.75 Å². The molecular formula is C23H21ClFNO4S. The van der Waals surface area contributed by atoms with Crippen LogP contribution in [0.3, 0.4) is 0 Å². The van der Waals surface area contributed by atoms with Crippen molar-refractivity contribution < 1.29 is 23.5 Å². The van der Waals surface area contributed by atoms with Crippen LogP contribution >= 0.6 is 23.5 Å². The highest BCUT2D eigenvalue weighted by molar-refractivity contribution is 8.00. The molecule has 0 aliphatic heterocycles. The number of anilines is 1. The van der Waals surface area contributed by atoms with Crippen molar-refractivity contribution in [3.8, 4) is 16.9 Å². The molecule has 5 nitrogen and oxygen atoms in total. The first-order valence-electron chi connectivity index (χ1n) is 8.97. The maximum Gasteiger partial charge on any atom is 0.337 e. The van der Waals surface area contributed by atoms with Gasteiger partial charge in [-0.25, -0.2) is 9.18 Å². The Morgan fingerprint density at radius 3 is 2.35 bits per heavy atom. The molecule has 3 aromatic rings. The fraction of sp³-hybridized carbons (Fsp3) is 0.130. The molecule has 1 N–H and O–H groups in total. The summed E-state index contributed by atoms with van der Waals surface area (Å²) in [6.45, 7) is 3.70. The summed E-state index contributed by atoms with van der Waals surface area (Å²) in [7, 11) is 2.79. The second kappa shape index (κ2) is 11.4. The summed E-state index contributed by atoms with van der Waals surface area (Å²) in [5.41, 5.74) is 3.04. The van der Waals surface area contributed by atoms with E-state index in [9.17, 15) is 9.18 Å². The van der Waals surface area contributed by atoms with Crippen LogP contribution in [0.2, 0.25) is 5.02 Å². The van der Waals surface area contributed by atoms with Crippen molar-refractivity contribution in [2.75, 3.05) is 18.9 Å². The van der Waals surface area contributed by atoms with E-state index in [2.05, 4.69) is 4.72 Å². The Morgan fingerprint density at radius 1 is 1.06 bits per heavy atom. The average Bonchev–Trinajstić information content (AvgIpc) is 2.80. The third kappa shape index (κ3) is 5.77. The lowest BCUT2D eigenvalue weighted by atomic mass is 10.0. The lowest BCUT2D eigenvalue weighted by molar-refractivity contribution is -0.0980. The van der Waals surface area contributed by atoms with Crippen molar-refractivity contribution in [2.45, 2.75) is 11.8 Å². The van der Waals surface area contributed by atoms with Crippen molar-refractivity contribution in [1.82, 2.24) is 0 Å². The Bertz CT molecular complexity index is 1060. The zero-order valence-electron chi connectivity index (χ0n) is 17.2. The Morgan fingerprint density at radius 2 is 1.74 bits per heavy atom. The smallest absolute Gasteiger partial charge is 0.337 e. The molecule has 3 rings (SSSR count). The van der Waals surface area contributed by atoms with Crippen molar-refractivity contribution in [3.63, 3.8) is 0 Å². The van der Waals surface area contributed by atoms with Crippen LogP contribution in [0.15, 0.2) is 59.5 Å². The molecule has 0 bridgehead atoms. The number of halogens is 2. The summed E-state index contributed by atoms with van der Waals surface area (Å²) in [6.07, 6.45) is 0. The van der Waals surface area contributed by atoms with Crippen LogP contribution in [0, 0.1) is 12.7 Å². The Hall–Kier alpha value is -3.03. The second-order valence-corrected chi connectivity index (χ2v) is 7.44. The molecule has 0 saturated heterocycles. The molecule has 0 unspecified atom stereocenters. The Kier molecular flexibility index (Phi) is 8.90. The summed E-state index contributed by atoms with van der Waals surface area (Å²) in [4.78, 5) is 20.5. The lowest BCUT2D eigenvalue weighted by Crippen LogP contribution is -2.03. The fourth-order valence-corrected chi connectivity index (χ4v) is 4.03. The monoisotopic (exact) mass is 461 g/mol. The van der Waals surface area contributed by atoms with Gasteiger partial charge in [-0.3, -0.25) is 0 Å². The predicted octanol–water partition coefficient (Wildman–Crippen LogP) is 6.18. The van der Waals surface area contributed by atoms with Crippen LogP contribution in [-0.2, 0) is 9.53 Å². The molecule has 0 heterocycles. The summed E-state index contributed by atoms with van der Waals surface area (Å²) < 4.78 is 27.8. The first kappa shape index (κ1) is 24.2. The van der Waals surface area contributed by atoms with Crippen LogP contribution in [0.1, 0.15) is 15.9 Å². The highest BCUT2D eigenvalue weighted by atomic mass is 35.5. The number of benzene rings is 3. The molecule has 0 fully saturated rings. The van der Waals surface area contributed by atoms with E-state index in [1.54, 1.807) is 13.0 Å². The van der Waals surface area contributed by atoms with Gasteiger partial charge >= 0.3 is 5.97 Å². The van der Waals surface area contributed by atoms with Crippen LogP contribution in [0.5, 0.6) is 5.75 Å². The van der Waals surface area contributed by atoms with Crippen molar-refractivity contribution in [3.05, 3.63) is 76.6 Å². The average molecular weight is 462 g/mol. The van der Waals surface area contributed by atoms with Gasteiger partial charge in [0.2, 0.25) is 0 Å². The number of nitrogens with one attached hydrogen (secondary N) is 1. The van der Waals surface area contributed by atoms with Gasteiger partial charge < -0.3 is 19.0 Å². The van der Waals surface area contributed by atoms with Crippen LogP contribution in [0.25, 0.3) is 11.1 Å². The number of ether oxygens (including phenoxy) is 2. The van der Waals surface area contributed by atoms with Gasteiger partial charge in [-0.15, -0.1) is 0 Å². The van der Waals surface area contributed by atoms with E-state index in [0.717, 1.165) is 11.1 Å². The first-order chi connectivity index (χ1) is 14.9. The van der Waals surface area contributed by atoms with E-state index >= 15 is 0 Å². The van der Waals surface area contributed by atoms with Crippen molar-refractivity contribution in [2.24, 2.45) is 0 Å². The van der Waals surface area contributed by atoms with Gasteiger partial charge in [-0.1, -0.05) is 41.9 Å². The van der Waals surface area contributed by atoms with Crippen molar-refractivity contribution >= 4 is 42.0 Å². The number of hydrogen-bond acceptors (Lipinski definition) is 6. The van der Waals surface area contributed by atoms with E-state index in [1.165, 1.54) is 38.3 Å². The molecule has 162 valence electrons. The number of rotatable bonds is 6. The first-order valence-corrected chi connectivity index (χ1v) is 10.2. The summed E-state index contributed by atoms with van der Waals surface area (Å²) >= 11 is 7.42. The number of esters is 1. The lowest BCUT2D eigenvalue weighted by Gasteiger charge is -2.15. The third-order valence-corrected chi connectivity index (χ3v) is 5.48. The third-order valence-electron chi connectivity index (χ3n) is 4.36. The molecule has 0 saturated carbocycles. The minimum absolute atomic E-state index is 0.278. The number of carbonyl (C=O) groups excluding carboxylic acids is 2. The van der Waals surface area contributed by atoms with Gasteiger partial charge in [0.25, 0.3) is 0 Å². The largest absolute Gasteiger partial charge is 0.494 e. The Labute approximate surface area is 189 Å². The number of hydrogen-bond donors (Lipinski definition) is 1. The van der Waals surface area contributed by atoms with Gasteiger partial charge in [-0.2, -0.15) is 0 Å². The molecule has 0 amide bonds. The van der Waals surface area contributed by atoms with Crippen LogP contribution in [0.4, 0.5) is 10.1 Å². The minimum Gasteiger partial charge on any atom is -0.494 e. The Balaban J connectivity index is 0.00000166. The maximum absolute atomic E-state index is 14.5. The normalized spacial score (nSPS) is 9.97. The van der Waals surface area contributed by atoms with Gasteiger partial charge in [0.05, 0.1) is 35.4 Å². The molecular weight excluding hydrogens is 441 g/mol. The van der Waals surface area contributed by atoms with E-state index in [1.807, 2.05) is 43.2 Å². The SMILES string of the molecule is C=O.COC(=O)c1cc(Cl)c(OC)c(SNc2cc(-c3ccccc3)cc(F)c2C)c1. The molecule has 0 spiro atoms. The molecule has 0 atom stereocenters. The molecule has 0 aliphatic rings. The zero-order valence-corrected chi connectivity index (χ0v) is 18.8. The predicted molar refractivity (Wildman–Crippen MR) is 123 cm³/mol. The van der Waals surface area contributed by atoms with Crippen LogP contribution in [-0.4, -0.2) is 27.0 Å². The van der Waals surface area contributed by atoms with Crippen LogP contribution < -0.4 is 9.46 Å². The van der Waals surface area contributed by atoms with E-state index in [4.69, 9.17) is 25.9 Å². The molecule has 0 radical (unpaired) electrons. The van der Waals surface area contributed by atoms with Gasteiger partial charge in [0, 0.05) is 5.56 Å². The molecule has 3 aromatic carbocycles. The summed E-state index contributed by atoms with van der Waals surface area (Å²) in [6, 6.07) is 16.0. The molecule has 0 aliphatic carbocycles.